The monoisotopic (exact) mass is 282 g/mol. The van der Waals surface area contributed by atoms with Crippen molar-refractivity contribution in [1.82, 2.24) is 0 Å². The van der Waals surface area contributed by atoms with E-state index in [9.17, 15) is 14.7 Å². The second-order valence-electron chi connectivity index (χ2n) is 5.40. The molecule has 0 aromatic carbocycles. The van der Waals surface area contributed by atoms with Crippen LogP contribution in [0.5, 0.6) is 0 Å². The topological polar surface area (TPSA) is 63.6 Å². The van der Waals surface area contributed by atoms with E-state index in [1.165, 1.54) is 0 Å². The molecule has 114 valence electrons. The number of esters is 1. The predicted octanol–water partition coefficient (Wildman–Crippen LogP) is 3.58. The molecule has 0 bridgehead atoms. The zero-order chi connectivity index (χ0) is 15.7. The van der Waals surface area contributed by atoms with Crippen LogP contribution in [0.4, 0.5) is 0 Å². The van der Waals surface area contributed by atoms with Gasteiger partial charge in [-0.15, -0.1) is 0 Å². The summed E-state index contributed by atoms with van der Waals surface area (Å²) in [6.07, 6.45) is 4.99. The molecule has 20 heavy (non-hydrogen) atoms. The molecular weight excluding hydrogens is 256 g/mol. The summed E-state index contributed by atoms with van der Waals surface area (Å²) in [5.74, 6) is -3.14. The Balaban J connectivity index is 5.20. The number of carboxylic acids is 1. The van der Waals surface area contributed by atoms with Crippen molar-refractivity contribution in [2.24, 2.45) is 11.8 Å². The molecule has 0 heterocycles. The van der Waals surface area contributed by atoms with E-state index in [2.05, 4.69) is 0 Å². The number of hydrogen-bond acceptors (Lipinski definition) is 3. The van der Waals surface area contributed by atoms with Crippen LogP contribution in [-0.2, 0) is 14.3 Å². The summed E-state index contributed by atoms with van der Waals surface area (Å²) < 4.78 is 5.18. The van der Waals surface area contributed by atoms with Gasteiger partial charge in [0, 0.05) is 0 Å². The van der Waals surface area contributed by atoms with Crippen molar-refractivity contribution in [1.29, 1.82) is 0 Å². The molecule has 4 nitrogen and oxygen atoms in total. The van der Waals surface area contributed by atoms with E-state index in [0.29, 0.717) is 6.61 Å². The standard InChI is InChI=1S/C16H26O4/c1-6-7-8-20-16(19)14(10-12(4)5)13(15(17)18)9-11(2)3/h9-10,13-14H,6-8H2,1-5H3,(H,17,18). The molecule has 0 aromatic heterocycles. The first-order valence-corrected chi connectivity index (χ1v) is 6.99. The Morgan fingerprint density at radius 1 is 1.05 bits per heavy atom. The van der Waals surface area contributed by atoms with Gasteiger partial charge in [0.25, 0.3) is 0 Å². The van der Waals surface area contributed by atoms with Crippen LogP contribution < -0.4 is 0 Å². The molecule has 0 aliphatic carbocycles. The van der Waals surface area contributed by atoms with Crippen molar-refractivity contribution in [3.05, 3.63) is 23.3 Å². The molecule has 2 atom stereocenters. The lowest BCUT2D eigenvalue weighted by atomic mass is 9.89. The van der Waals surface area contributed by atoms with Crippen LogP contribution in [0, 0.1) is 11.8 Å². The van der Waals surface area contributed by atoms with Crippen molar-refractivity contribution in [3.8, 4) is 0 Å². The third-order valence-electron chi connectivity index (χ3n) is 2.71. The highest BCUT2D eigenvalue weighted by Crippen LogP contribution is 2.21. The fraction of sp³-hybridized carbons (Fsp3) is 0.625. The summed E-state index contributed by atoms with van der Waals surface area (Å²) >= 11 is 0. The van der Waals surface area contributed by atoms with Gasteiger partial charge in [-0.05, 0) is 34.1 Å². The lowest BCUT2D eigenvalue weighted by molar-refractivity contribution is -0.154. The molecule has 0 amide bonds. The molecule has 4 heteroatoms. The van der Waals surface area contributed by atoms with Gasteiger partial charge in [0.1, 0.15) is 0 Å². The molecule has 0 aromatic rings. The van der Waals surface area contributed by atoms with Crippen LogP contribution in [0.3, 0.4) is 0 Å². The second-order valence-corrected chi connectivity index (χ2v) is 5.40. The van der Waals surface area contributed by atoms with Gasteiger partial charge in [-0.25, -0.2) is 0 Å². The Bertz CT molecular complexity index is 385. The van der Waals surface area contributed by atoms with Crippen LogP contribution in [0.25, 0.3) is 0 Å². The smallest absolute Gasteiger partial charge is 0.314 e. The van der Waals surface area contributed by atoms with Gasteiger partial charge in [-0.3, -0.25) is 9.59 Å². The molecular formula is C16H26O4. The van der Waals surface area contributed by atoms with Crippen LogP contribution in [0.1, 0.15) is 47.5 Å². The van der Waals surface area contributed by atoms with Crippen molar-refractivity contribution in [2.75, 3.05) is 6.61 Å². The van der Waals surface area contributed by atoms with E-state index in [-0.39, 0.29) is 0 Å². The first-order chi connectivity index (χ1) is 9.29. The third kappa shape index (κ3) is 7.12. The SMILES string of the molecule is CCCCOC(=O)C(C=C(C)C)C(C=C(C)C)C(=O)O. The van der Waals surface area contributed by atoms with Crippen molar-refractivity contribution in [3.63, 3.8) is 0 Å². The number of aliphatic carboxylic acids is 1. The van der Waals surface area contributed by atoms with Crippen LogP contribution >= 0.6 is 0 Å². The number of carbonyl (C=O) groups excluding carboxylic acids is 1. The van der Waals surface area contributed by atoms with Crippen LogP contribution in [0.2, 0.25) is 0 Å². The Hall–Kier alpha value is -1.58. The predicted molar refractivity (Wildman–Crippen MR) is 79.3 cm³/mol. The Morgan fingerprint density at radius 3 is 1.95 bits per heavy atom. The lowest BCUT2D eigenvalue weighted by Crippen LogP contribution is -2.29. The van der Waals surface area contributed by atoms with Crippen molar-refractivity contribution < 1.29 is 19.4 Å². The maximum atomic E-state index is 12.1. The van der Waals surface area contributed by atoms with Crippen molar-refractivity contribution >= 4 is 11.9 Å². The minimum atomic E-state index is -1.01. The molecule has 0 fully saturated rings. The van der Waals surface area contributed by atoms with Gasteiger partial charge in [-0.2, -0.15) is 0 Å². The number of carboxylic acid groups (broad SMARTS) is 1. The molecule has 0 rings (SSSR count). The summed E-state index contributed by atoms with van der Waals surface area (Å²) in [5, 5.41) is 9.34. The molecule has 0 saturated heterocycles. The highest BCUT2D eigenvalue weighted by Gasteiger charge is 2.31. The van der Waals surface area contributed by atoms with Gasteiger partial charge in [-0.1, -0.05) is 36.6 Å². The summed E-state index contributed by atoms with van der Waals surface area (Å²) in [6.45, 7) is 9.66. The van der Waals surface area contributed by atoms with E-state index in [1.807, 2.05) is 34.6 Å². The van der Waals surface area contributed by atoms with Gasteiger partial charge < -0.3 is 9.84 Å². The zero-order valence-corrected chi connectivity index (χ0v) is 13.1. The van der Waals surface area contributed by atoms with E-state index < -0.39 is 23.8 Å². The number of hydrogen-bond donors (Lipinski definition) is 1. The zero-order valence-electron chi connectivity index (χ0n) is 13.1. The number of ether oxygens (including phenoxy) is 1. The number of carbonyl (C=O) groups is 2. The first-order valence-electron chi connectivity index (χ1n) is 6.99. The Labute approximate surface area is 121 Å². The van der Waals surface area contributed by atoms with Gasteiger partial charge in [0.2, 0.25) is 0 Å². The summed E-state index contributed by atoms with van der Waals surface area (Å²) in [6, 6.07) is 0. The van der Waals surface area contributed by atoms with E-state index in [1.54, 1.807) is 12.2 Å². The second kappa shape index (κ2) is 9.34. The molecule has 0 aliphatic rings. The molecule has 0 spiro atoms. The maximum Gasteiger partial charge on any atom is 0.314 e. The average molecular weight is 282 g/mol. The van der Waals surface area contributed by atoms with Crippen LogP contribution in [-0.4, -0.2) is 23.7 Å². The van der Waals surface area contributed by atoms with E-state index in [4.69, 9.17) is 4.74 Å². The fourth-order valence-corrected chi connectivity index (χ4v) is 1.78. The Morgan fingerprint density at radius 2 is 1.55 bits per heavy atom. The minimum Gasteiger partial charge on any atom is -0.481 e. The summed E-state index contributed by atoms with van der Waals surface area (Å²) in [7, 11) is 0. The summed E-state index contributed by atoms with van der Waals surface area (Å²) in [5.41, 5.74) is 1.77. The summed E-state index contributed by atoms with van der Waals surface area (Å²) in [4.78, 5) is 23.5. The highest BCUT2D eigenvalue weighted by atomic mass is 16.5. The highest BCUT2D eigenvalue weighted by molar-refractivity contribution is 5.84. The molecule has 0 saturated carbocycles. The Kier molecular flexibility index (Phi) is 8.61. The number of rotatable bonds is 8. The largest absolute Gasteiger partial charge is 0.481 e. The number of allylic oxidation sites excluding steroid dienone is 2. The van der Waals surface area contributed by atoms with Gasteiger partial charge >= 0.3 is 11.9 Å². The maximum absolute atomic E-state index is 12.1. The van der Waals surface area contributed by atoms with Gasteiger partial charge in [0.15, 0.2) is 0 Å². The van der Waals surface area contributed by atoms with E-state index in [0.717, 1.165) is 24.0 Å². The number of unbranched alkanes of at least 4 members (excludes halogenated alkanes) is 1. The van der Waals surface area contributed by atoms with Crippen LogP contribution in [0.15, 0.2) is 23.3 Å². The fourth-order valence-electron chi connectivity index (χ4n) is 1.78. The molecule has 0 radical (unpaired) electrons. The first kappa shape index (κ1) is 18.4. The minimum absolute atomic E-state index is 0.337. The van der Waals surface area contributed by atoms with Crippen molar-refractivity contribution in [2.45, 2.75) is 47.5 Å². The molecule has 1 N–H and O–H groups in total. The normalized spacial score (nSPS) is 13.1. The third-order valence-corrected chi connectivity index (χ3v) is 2.71. The molecule has 0 aliphatic heterocycles. The lowest BCUT2D eigenvalue weighted by Gasteiger charge is -2.18. The quantitative estimate of drug-likeness (QED) is 0.420. The average Bonchev–Trinajstić information content (AvgIpc) is 2.32. The van der Waals surface area contributed by atoms with Gasteiger partial charge in [0.05, 0.1) is 18.4 Å². The molecule has 2 unspecified atom stereocenters. The van der Waals surface area contributed by atoms with E-state index >= 15 is 0 Å².